The average molecular weight is 603 g/mol. The monoisotopic (exact) mass is 602 g/mol. The standard InChI is InChI=1S/C32H34F2N5O3Si/c1-3-19-6-4-7-20-10-22(40)11-23(26(19)20)28-27(34)29-24(13-35-28)30(38-14-18(2)25(16-38)43-41)37-31(36-29)42-17-32-8-5-9-39(32)15-21(33)12-32/h4,6-7,10-11,13,18,21,25,40H,3,5,8-9,12,14-17H2,1-2H3/t18-,21+,25?,32-/m0/s1. The molecule has 1 radical (unpaired) electrons. The molecule has 0 bridgehead atoms. The molecule has 2 aromatic heterocycles. The van der Waals surface area contributed by atoms with Gasteiger partial charge in [-0.3, -0.25) is 9.88 Å². The SMILES string of the molecule is CCc1cccc2cc(O)cc(-c3ncc4c(N5CC([Si]=O)[C@@H](C)C5)nc(OC[C@@]56CCCN5C[C@H](F)C6)nc4c3F)c12. The summed E-state index contributed by atoms with van der Waals surface area (Å²) in [6.07, 6.45) is 3.61. The maximum Gasteiger partial charge on any atom is 0.331 e. The normalized spacial score (nSPS) is 25.6. The zero-order chi connectivity index (χ0) is 29.9. The minimum atomic E-state index is -0.899. The Labute approximate surface area is 251 Å². The number of nitrogens with zero attached hydrogens (tertiary/aromatic N) is 5. The molecule has 0 amide bonds. The molecule has 5 heterocycles. The third-order valence-electron chi connectivity index (χ3n) is 9.62. The first-order valence-electron chi connectivity index (χ1n) is 15.1. The molecule has 7 rings (SSSR count). The number of phenols is 1. The second-order valence-electron chi connectivity index (χ2n) is 12.3. The molecule has 1 N–H and O–H groups in total. The van der Waals surface area contributed by atoms with Gasteiger partial charge in [0.1, 0.15) is 35.6 Å². The lowest BCUT2D eigenvalue weighted by molar-refractivity contribution is 0.107. The molecule has 4 aromatic rings. The first kappa shape index (κ1) is 28.2. The van der Waals surface area contributed by atoms with Crippen molar-refractivity contribution in [3.63, 3.8) is 0 Å². The minimum absolute atomic E-state index is 0.0168. The predicted octanol–water partition coefficient (Wildman–Crippen LogP) is 5.50. The number of phenolic OH excluding ortho intramolecular Hbond substituents is 1. The Hall–Kier alpha value is -3.57. The molecular formula is C32H34F2N5O3Si. The van der Waals surface area contributed by atoms with Crippen molar-refractivity contribution >= 4 is 36.9 Å². The van der Waals surface area contributed by atoms with Crippen molar-refractivity contribution in [1.82, 2.24) is 19.9 Å². The zero-order valence-corrected chi connectivity index (χ0v) is 25.3. The Morgan fingerprint density at radius 2 is 2.07 bits per heavy atom. The van der Waals surface area contributed by atoms with Crippen LogP contribution in [0.3, 0.4) is 0 Å². The maximum absolute atomic E-state index is 16.7. The van der Waals surface area contributed by atoms with Crippen LogP contribution >= 0.6 is 0 Å². The summed E-state index contributed by atoms with van der Waals surface area (Å²) in [5.74, 6) is 0.0298. The van der Waals surface area contributed by atoms with E-state index in [4.69, 9.17) is 9.72 Å². The number of rotatable bonds is 7. The number of halogens is 2. The van der Waals surface area contributed by atoms with Crippen molar-refractivity contribution in [2.45, 2.75) is 56.8 Å². The van der Waals surface area contributed by atoms with Crippen LogP contribution in [0.1, 0.15) is 38.7 Å². The smallest absolute Gasteiger partial charge is 0.331 e. The summed E-state index contributed by atoms with van der Waals surface area (Å²) in [4.78, 5) is 18.1. The van der Waals surface area contributed by atoms with Gasteiger partial charge in [-0.2, -0.15) is 9.97 Å². The molecule has 0 spiro atoms. The summed E-state index contributed by atoms with van der Waals surface area (Å²) < 4.78 is 49.2. The fraction of sp³-hybridized carbons (Fsp3) is 0.469. The van der Waals surface area contributed by atoms with E-state index >= 15 is 4.39 Å². The van der Waals surface area contributed by atoms with E-state index in [9.17, 15) is 14.0 Å². The summed E-state index contributed by atoms with van der Waals surface area (Å²) in [5, 5.41) is 12.6. The van der Waals surface area contributed by atoms with E-state index in [0.717, 1.165) is 42.1 Å². The van der Waals surface area contributed by atoms with Gasteiger partial charge in [0.25, 0.3) is 0 Å². The van der Waals surface area contributed by atoms with Gasteiger partial charge in [-0.05, 0) is 60.2 Å². The lowest BCUT2D eigenvalue weighted by atomic mass is 9.95. The molecule has 3 fully saturated rings. The van der Waals surface area contributed by atoms with Crippen molar-refractivity contribution < 1.29 is 23.1 Å². The number of hydrogen-bond acceptors (Lipinski definition) is 8. The van der Waals surface area contributed by atoms with Crippen molar-refractivity contribution in [1.29, 1.82) is 0 Å². The van der Waals surface area contributed by atoms with Gasteiger partial charge < -0.3 is 19.2 Å². The Kier molecular flexibility index (Phi) is 7.12. The van der Waals surface area contributed by atoms with E-state index in [1.54, 1.807) is 18.3 Å². The number of pyridine rings is 1. The molecule has 1 unspecified atom stereocenters. The first-order valence-corrected chi connectivity index (χ1v) is 16.0. The van der Waals surface area contributed by atoms with Crippen molar-refractivity contribution in [2.75, 3.05) is 37.7 Å². The van der Waals surface area contributed by atoms with Crippen molar-refractivity contribution in [3.05, 3.63) is 47.9 Å². The van der Waals surface area contributed by atoms with Crippen LogP contribution < -0.4 is 9.64 Å². The van der Waals surface area contributed by atoms with Crippen LogP contribution in [0.2, 0.25) is 5.54 Å². The quantitative estimate of drug-likeness (QED) is 0.277. The number of hydrogen-bond donors (Lipinski definition) is 1. The van der Waals surface area contributed by atoms with E-state index in [0.29, 0.717) is 42.8 Å². The molecule has 43 heavy (non-hydrogen) atoms. The molecule has 4 atom stereocenters. The largest absolute Gasteiger partial charge is 0.508 e. The van der Waals surface area contributed by atoms with Gasteiger partial charge >= 0.3 is 15.4 Å². The average Bonchev–Trinajstić information content (AvgIpc) is 3.66. The molecule has 223 valence electrons. The summed E-state index contributed by atoms with van der Waals surface area (Å²) >= 11 is 0. The van der Waals surface area contributed by atoms with Gasteiger partial charge in [0.2, 0.25) is 0 Å². The lowest BCUT2D eigenvalue weighted by Gasteiger charge is -2.31. The van der Waals surface area contributed by atoms with Gasteiger partial charge in [0, 0.05) is 43.4 Å². The summed E-state index contributed by atoms with van der Waals surface area (Å²) in [7, 11) is -0.458. The molecule has 8 nitrogen and oxygen atoms in total. The van der Waals surface area contributed by atoms with Crippen LogP contribution in [0.4, 0.5) is 14.6 Å². The van der Waals surface area contributed by atoms with Gasteiger partial charge in [-0.25, -0.2) is 8.78 Å². The topological polar surface area (TPSA) is 91.7 Å². The van der Waals surface area contributed by atoms with Gasteiger partial charge in [0.05, 0.1) is 10.9 Å². The van der Waals surface area contributed by atoms with Crippen LogP contribution in [0.25, 0.3) is 32.9 Å². The van der Waals surface area contributed by atoms with Crippen molar-refractivity contribution in [2.24, 2.45) is 5.92 Å². The highest BCUT2D eigenvalue weighted by Crippen LogP contribution is 2.42. The number of anilines is 1. The lowest BCUT2D eigenvalue weighted by Crippen LogP contribution is -2.43. The number of fused-ring (bicyclic) bond motifs is 3. The van der Waals surface area contributed by atoms with Crippen molar-refractivity contribution in [3.8, 4) is 23.0 Å². The van der Waals surface area contributed by atoms with Gasteiger partial charge in [-0.15, -0.1) is 0 Å². The van der Waals surface area contributed by atoms with E-state index in [1.807, 2.05) is 36.9 Å². The Balaban J connectivity index is 1.37. The van der Waals surface area contributed by atoms with E-state index in [1.165, 1.54) is 0 Å². The molecule has 2 aromatic carbocycles. The van der Waals surface area contributed by atoms with E-state index in [2.05, 4.69) is 14.9 Å². The third kappa shape index (κ3) is 4.77. The van der Waals surface area contributed by atoms with Crippen LogP contribution in [0.15, 0.2) is 36.5 Å². The maximum atomic E-state index is 16.7. The van der Waals surface area contributed by atoms with Gasteiger partial charge in [-0.1, -0.05) is 32.0 Å². The highest BCUT2D eigenvalue weighted by Gasteiger charge is 2.49. The number of aromatic nitrogens is 3. The number of benzene rings is 2. The predicted molar refractivity (Wildman–Crippen MR) is 161 cm³/mol. The Morgan fingerprint density at radius 1 is 1.21 bits per heavy atom. The zero-order valence-electron chi connectivity index (χ0n) is 24.3. The molecule has 3 aliphatic heterocycles. The summed E-state index contributed by atoms with van der Waals surface area (Å²) in [5.41, 5.74) is 1.20. The fourth-order valence-electron chi connectivity index (χ4n) is 7.43. The van der Waals surface area contributed by atoms with Gasteiger partial charge in [0.15, 0.2) is 5.82 Å². The second kappa shape index (κ2) is 10.9. The summed E-state index contributed by atoms with van der Waals surface area (Å²) in [6, 6.07) is 9.04. The minimum Gasteiger partial charge on any atom is -0.508 e. The van der Waals surface area contributed by atoms with Crippen LogP contribution in [0, 0.1) is 11.7 Å². The Bertz CT molecular complexity index is 1740. The highest BCUT2D eigenvalue weighted by molar-refractivity contribution is 6.20. The number of aromatic hydroxyl groups is 1. The van der Waals surface area contributed by atoms with Crippen LogP contribution in [0.5, 0.6) is 11.8 Å². The molecular weight excluding hydrogens is 568 g/mol. The van der Waals surface area contributed by atoms with Crippen LogP contribution in [-0.2, 0) is 10.9 Å². The first-order chi connectivity index (χ1) is 20.8. The summed E-state index contributed by atoms with van der Waals surface area (Å²) in [6.45, 7) is 6.65. The third-order valence-corrected chi connectivity index (χ3v) is 10.7. The molecule has 0 aliphatic carbocycles. The second-order valence-corrected chi connectivity index (χ2v) is 13.3. The van der Waals surface area contributed by atoms with E-state index in [-0.39, 0.29) is 41.0 Å². The number of ether oxygens (including phenoxy) is 1. The fourth-order valence-corrected chi connectivity index (χ4v) is 8.06. The molecule has 11 heteroatoms. The van der Waals surface area contributed by atoms with Crippen LogP contribution in [-0.4, -0.2) is 78.9 Å². The Morgan fingerprint density at radius 3 is 2.86 bits per heavy atom. The molecule has 3 saturated heterocycles. The highest BCUT2D eigenvalue weighted by atomic mass is 28.2. The molecule has 0 saturated carbocycles. The number of alkyl halides is 1. The number of aryl methyl sites for hydroxylation is 1. The molecule has 3 aliphatic rings. The van der Waals surface area contributed by atoms with E-state index < -0.39 is 26.9 Å².